The van der Waals surface area contributed by atoms with Crippen LogP contribution in [0.2, 0.25) is 0 Å². The van der Waals surface area contributed by atoms with Crippen molar-refractivity contribution in [3.05, 3.63) is 17.8 Å². The van der Waals surface area contributed by atoms with Gasteiger partial charge in [-0.1, -0.05) is 13.8 Å². The largest absolute Gasteiger partial charge is 0.445 e. The lowest BCUT2D eigenvalue weighted by Crippen LogP contribution is -2.01. The molecule has 3 heteroatoms. The van der Waals surface area contributed by atoms with Crippen LogP contribution in [0.1, 0.15) is 31.4 Å². The van der Waals surface area contributed by atoms with Crippen LogP contribution in [0.15, 0.2) is 10.6 Å². The Kier molecular flexibility index (Phi) is 2.65. The van der Waals surface area contributed by atoms with Crippen LogP contribution in [-0.2, 0) is 6.42 Å². The summed E-state index contributed by atoms with van der Waals surface area (Å²) in [5.41, 5.74) is 5.36. The minimum Gasteiger partial charge on any atom is -0.445 e. The van der Waals surface area contributed by atoms with Gasteiger partial charge in [-0.3, -0.25) is 0 Å². The zero-order valence-corrected chi connectivity index (χ0v) is 7.00. The fourth-order valence-corrected chi connectivity index (χ4v) is 0.847. The van der Waals surface area contributed by atoms with E-state index in [4.69, 9.17) is 10.2 Å². The van der Waals surface area contributed by atoms with E-state index in [-0.39, 0.29) is 0 Å². The summed E-state index contributed by atoms with van der Waals surface area (Å²) < 4.78 is 5.39. The molecule has 0 atom stereocenters. The molecule has 1 aromatic rings. The number of aromatic nitrogens is 1. The van der Waals surface area contributed by atoms with Gasteiger partial charge in [0.2, 0.25) is 0 Å². The van der Waals surface area contributed by atoms with Crippen LogP contribution in [0.5, 0.6) is 0 Å². The van der Waals surface area contributed by atoms with E-state index in [1.54, 1.807) is 6.20 Å². The Bertz CT molecular complexity index is 218. The maximum atomic E-state index is 5.39. The third kappa shape index (κ3) is 2.05. The molecule has 0 spiro atoms. The summed E-state index contributed by atoms with van der Waals surface area (Å²) in [5, 5.41) is 0. The van der Waals surface area contributed by atoms with Crippen LogP contribution in [0.3, 0.4) is 0 Å². The monoisotopic (exact) mass is 154 g/mol. The number of rotatable bonds is 3. The molecule has 0 radical (unpaired) electrons. The van der Waals surface area contributed by atoms with Gasteiger partial charge in [0.1, 0.15) is 5.76 Å². The lowest BCUT2D eigenvalue weighted by Gasteiger charge is -1.95. The molecule has 1 aromatic heterocycles. The van der Waals surface area contributed by atoms with Crippen molar-refractivity contribution >= 4 is 0 Å². The fraction of sp³-hybridized carbons (Fsp3) is 0.625. The second kappa shape index (κ2) is 3.53. The van der Waals surface area contributed by atoms with E-state index in [9.17, 15) is 0 Å². The molecule has 0 saturated heterocycles. The normalized spacial score (nSPS) is 10.9. The summed E-state index contributed by atoms with van der Waals surface area (Å²) in [5.74, 6) is 2.05. The molecule has 62 valence electrons. The van der Waals surface area contributed by atoms with E-state index in [1.165, 1.54) is 0 Å². The molecule has 1 heterocycles. The van der Waals surface area contributed by atoms with Gasteiger partial charge in [0.25, 0.3) is 0 Å². The Morgan fingerprint density at radius 2 is 2.36 bits per heavy atom. The third-order valence-electron chi connectivity index (χ3n) is 1.46. The Labute approximate surface area is 66.6 Å². The van der Waals surface area contributed by atoms with Gasteiger partial charge in [-0.15, -0.1) is 0 Å². The zero-order chi connectivity index (χ0) is 8.27. The summed E-state index contributed by atoms with van der Waals surface area (Å²) in [4.78, 5) is 4.11. The molecule has 0 fully saturated rings. The van der Waals surface area contributed by atoms with E-state index < -0.39 is 0 Å². The average molecular weight is 154 g/mol. The van der Waals surface area contributed by atoms with Crippen molar-refractivity contribution in [3.8, 4) is 0 Å². The third-order valence-corrected chi connectivity index (χ3v) is 1.46. The van der Waals surface area contributed by atoms with Gasteiger partial charge in [0.15, 0.2) is 5.89 Å². The molecule has 11 heavy (non-hydrogen) atoms. The van der Waals surface area contributed by atoms with Gasteiger partial charge in [0, 0.05) is 12.3 Å². The molecule has 3 nitrogen and oxygen atoms in total. The first-order valence-electron chi connectivity index (χ1n) is 3.88. The van der Waals surface area contributed by atoms with E-state index >= 15 is 0 Å². The molecular weight excluding hydrogens is 140 g/mol. The minimum atomic E-state index is 0.363. The predicted octanol–water partition coefficient (Wildman–Crippen LogP) is 1.30. The van der Waals surface area contributed by atoms with Crippen molar-refractivity contribution in [2.45, 2.75) is 26.2 Å². The highest BCUT2D eigenvalue weighted by Crippen LogP contribution is 2.13. The quantitative estimate of drug-likeness (QED) is 0.714. The van der Waals surface area contributed by atoms with Gasteiger partial charge >= 0.3 is 0 Å². The average Bonchev–Trinajstić information content (AvgIpc) is 2.37. The van der Waals surface area contributed by atoms with E-state index in [1.807, 2.05) is 0 Å². The van der Waals surface area contributed by atoms with E-state index in [0.717, 1.165) is 18.1 Å². The van der Waals surface area contributed by atoms with Crippen molar-refractivity contribution in [3.63, 3.8) is 0 Å². The minimum absolute atomic E-state index is 0.363. The standard InChI is InChI=1S/C8H14N2O/c1-6(2)8-10-5-7(11-8)3-4-9/h5-6H,3-4,9H2,1-2H3. The smallest absolute Gasteiger partial charge is 0.196 e. The van der Waals surface area contributed by atoms with Crippen molar-refractivity contribution in [2.75, 3.05) is 6.54 Å². The Morgan fingerprint density at radius 3 is 2.82 bits per heavy atom. The number of hydrogen-bond donors (Lipinski definition) is 1. The second-order valence-corrected chi connectivity index (χ2v) is 2.86. The van der Waals surface area contributed by atoms with Crippen LogP contribution >= 0.6 is 0 Å². The highest BCUT2D eigenvalue weighted by Gasteiger charge is 2.05. The molecule has 0 bridgehead atoms. The SMILES string of the molecule is CC(C)c1ncc(CCN)o1. The Balaban J connectivity index is 2.66. The molecule has 0 saturated carbocycles. The van der Waals surface area contributed by atoms with Crippen LogP contribution in [0, 0.1) is 0 Å². The van der Waals surface area contributed by atoms with Gasteiger partial charge in [-0.25, -0.2) is 4.98 Å². The van der Waals surface area contributed by atoms with Crippen molar-refractivity contribution in [2.24, 2.45) is 5.73 Å². The molecule has 0 aromatic carbocycles. The Hall–Kier alpha value is -0.830. The summed E-state index contributed by atoms with van der Waals surface area (Å²) in [6, 6.07) is 0. The number of nitrogens with zero attached hydrogens (tertiary/aromatic N) is 1. The first kappa shape index (κ1) is 8.27. The van der Waals surface area contributed by atoms with Crippen LogP contribution in [-0.4, -0.2) is 11.5 Å². The fourth-order valence-electron chi connectivity index (χ4n) is 0.847. The molecular formula is C8H14N2O. The topological polar surface area (TPSA) is 52.0 Å². The van der Waals surface area contributed by atoms with Gasteiger partial charge in [-0.05, 0) is 6.54 Å². The molecule has 0 aliphatic carbocycles. The number of hydrogen-bond acceptors (Lipinski definition) is 3. The second-order valence-electron chi connectivity index (χ2n) is 2.86. The van der Waals surface area contributed by atoms with Gasteiger partial charge in [0.05, 0.1) is 6.20 Å². The van der Waals surface area contributed by atoms with Crippen LogP contribution < -0.4 is 5.73 Å². The maximum absolute atomic E-state index is 5.39. The summed E-state index contributed by atoms with van der Waals surface area (Å²) in [7, 11) is 0. The van der Waals surface area contributed by atoms with Crippen molar-refractivity contribution in [1.29, 1.82) is 0 Å². The summed E-state index contributed by atoms with van der Waals surface area (Å²) in [6.07, 6.45) is 2.53. The molecule has 0 aliphatic rings. The molecule has 0 aliphatic heterocycles. The first-order chi connectivity index (χ1) is 5.24. The number of oxazole rings is 1. The van der Waals surface area contributed by atoms with Gasteiger partial charge in [-0.2, -0.15) is 0 Å². The van der Waals surface area contributed by atoms with E-state index in [0.29, 0.717) is 12.5 Å². The highest BCUT2D eigenvalue weighted by molar-refractivity contribution is 4.97. The highest BCUT2D eigenvalue weighted by atomic mass is 16.4. The summed E-state index contributed by atoms with van der Waals surface area (Å²) >= 11 is 0. The van der Waals surface area contributed by atoms with Gasteiger partial charge < -0.3 is 10.2 Å². The maximum Gasteiger partial charge on any atom is 0.196 e. The molecule has 1 rings (SSSR count). The van der Waals surface area contributed by atoms with Crippen molar-refractivity contribution < 1.29 is 4.42 Å². The molecule has 0 unspecified atom stereocenters. The summed E-state index contributed by atoms with van der Waals surface area (Å²) in [6.45, 7) is 4.73. The number of nitrogens with two attached hydrogens (primary N) is 1. The van der Waals surface area contributed by atoms with Crippen LogP contribution in [0.25, 0.3) is 0 Å². The molecule has 2 N–H and O–H groups in total. The Morgan fingerprint density at radius 1 is 1.64 bits per heavy atom. The zero-order valence-electron chi connectivity index (χ0n) is 7.00. The lowest BCUT2D eigenvalue weighted by atomic mass is 10.2. The lowest BCUT2D eigenvalue weighted by molar-refractivity contribution is 0.437. The molecule has 0 amide bonds. The van der Waals surface area contributed by atoms with Crippen molar-refractivity contribution in [1.82, 2.24) is 4.98 Å². The van der Waals surface area contributed by atoms with Crippen LogP contribution in [0.4, 0.5) is 0 Å². The predicted molar refractivity (Wildman–Crippen MR) is 43.4 cm³/mol. The first-order valence-corrected chi connectivity index (χ1v) is 3.88. The van der Waals surface area contributed by atoms with E-state index in [2.05, 4.69) is 18.8 Å².